The minimum atomic E-state index is -0.172. The Bertz CT molecular complexity index is 886. The van der Waals surface area contributed by atoms with E-state index in [-0.39, 0.29) is 11.9 Å². The zero-order valence-corrected chi connectivity index (χ0v) is 18.1. The third kappa shape index (κ3) is 3.97. The van der Waals surface area contributed by atoms with E-state index in [0.29, 0.717) is 23.6 Å². The second-order valence-electron chi connectivity index (χ2n) is 8.07. The Morgan fingerprint density at radius 2 is 1.77 bits per heavy atom. The fourth-order valence-electron chi connectivity index (χ4n) is 4.66. The van der Waals surface area contributed by atoms with Crippen molar-refractivity contribution >= 4 is 11.6 Å². The summed E-state index contributed by atoms with van der Waals surface area (Å²) in [7, 11) is 5.28. The summed E-state index contributed by atoms with van der Waals surface area (Å²) >= 11 is 0. The molecule has 6 nitrogen and oxygen atoms in total. The van der Waals surface area contributed by atoms with Crippen LogP contribution in [0.5, 0.6) is 11.5 Å². The molecule has 1 amide bonds. The molecule has 2 aliphatic rings. The first-order valence-electron chi connectivity index (χ1n) is 10.7. The van der Waals surface area contributed by atoms with Gasteiger partial charge in [0.1, 0.15) is 17.1 Å². The van der Waals surface area contributed by atoms with Gasteiger partial charge in [-0.25, -0.2) is 0 Å². The van der Waals surface area contributed by atoms with Crippen molar-refractivity contribution in [2.45, 2.75) is 25.3 Å². The summed E-state index contributed by atoms with van der Waals surface area (Å²) in [6.45, 7) is 3.75. The van der Waals surface area contributed by atoms with E-state index >= 15 is 0 Å². The van der Waals surface area contributed by atoms with Crippen molar-refractivity contribution in [3.8, 4) is 11.5 Å². The van der Waals surface area contributed by atoms with Gasteiger partial charge in [0, 0.05) is 25.8 Å². The van der Waals surface area contributed by atoms with Crippen LogP contribution in [0.4, 0.5) is 5.69 Å². The first kappa shape index (κ1) is 20.5. The van der Waals surface area contributed by atoms with Crippen LogP contribution < -0.4 is 19.7 Å². The number of rotatable bonds is 7. The largest absolute Gasteiger partial charge is 0.496 e. The Labute approximate surface area is 178 Å². The minimum Gasteiger partial charge on any atom is -0.496 e. The molecule has 1 unspecified atom stereocenters. The molecule has 0 bridgehead atoms. The van der Waals surface area contributed by atoms with E-state index < -0.39 is 0 Å². The fraction of sp³-hybridized carbons (Fsp3) is 0.458. The molecule has 6 heteroatoms. The van der Waals surface area contributed by atoms with E-state index in [4.69, 9.17) is 9.47 Å². The van der Waals surface area contributed by atoms with Crippen LogP contribution in [-0.4, -0.2) is 58.3 Å². The number of carbonyl (C=O) groups is 1. The molecule has 4 rings (SSSR count). The molecular weight excluding hydrogens is 378 g/mol. The third-order valence-electron chi connectivity index (χ3n) is 6.31. The first-order valence-corrected chi connectivity index (χ1v) is 10.7. The van der Waals surface area contributed by atoms with Gasteiger partial charge in [0.2, 0.25) is 0 Å². The number of likely N-dealkylation sites (tertiary alicyclic amines) is 1. The molecule has 30 heavy (non-hydrogen) atoms. The van der Waals surface area contributed by atoms with Crippen LogP contribution in [0, 0.1) is 0 Å². The Balaban J connectivity index is 1.56. The van der Waals surface area contributed by atoms with E-state index in [9.17, 15) is 4.79 Å². The van der Waals surface area contributed by atoms with Crippen molar-refractivity contribution in [2.24, 2.45) is 0 Å². The first-order chi connectivity index (χ1) is 14.6. The maximum Gasteiger partial charge on any atom is 0.258 e. The van der Waals surface area contributed by atoms with Gasteiger partial charge < -0.3 is 19.7 Å². The summed E-state index contributed by atoms with van der Waals surface area (Å²) in [4.78, 5) is 17.9. The van der Waals surface area contributed by atoms with Crippen LogP contribution in [0.3, 0.4) is 0 Å². The van der Waals surface area contributed by atoms with E-state index in [1.54, 1.807) is 26.4 Å². The predicted molar refractivity (Wildman–Crippen MR) is 119 cm³/mol. The van der Waals surface area contributed by atoms with Crippen LogP contribution in [0.1, 0.15) is 40.4 Å². The van der Waals surface area contributed by atoms with E-state index in [1.165, 1.54) is 29.7 Å². The van der Waals surface area contributed by atoms with Crippen LogP contribution in [0.2, 0.25) is 0 Å². The van der Waals surface area contributed by atoms with Crippen molar-refractivity contribution in [1.29, 1.82) is 0 Å². The molecule has 1 N–H and O–H groups in total. The Kier molecular flexibility index (Phi) is 6.13. The van der Waals surface area contributed by atoms with Gasteiger partial charge in [0.25, 0.3) is 5.91 Å². The molecule has 1 atom stereocenters. The second-order valence-corrected chi connectivity index (χ2v) is 8.07. The number of nitrogens with one attached hydrogen (secondary N) is 1. The van der Waals surface area contributed by atoms with Crippen molar-refractivity contribution in [2.75, 3.05) is 52.3 Å². The van der Waals surface area contributed by atoms with Crippen LogP contribution >= 0.6 is 0 Å². The summed E-state index contributed by atoms with van der Waals surface area (Å²) in [5.74, 6) is 0.865. The molecule has 0 spiro atoms. The van der Waals surface area contributed by atoms with Gasteiger partial charge in [-0.1, -0.05) is 18.2 Å². The lowest BCUT2D eigenvalue weighted by molar-refractivity contribution is 0.0931. The molecule has 0 saturated carbocycles. The van der Waals surface area contributed by atoms with Gasteiger partial charge in [0.05, 0.1) is 20.3 Å². The van der Waals surface area contributed by atoms with E-state index in [0.717, 1.165) is 26.1 Å². The number of anilines is 1. The Morgan fingerprint density at radius 1 is 1.07 bits per heavy atom. The van der Waals surface area contributed by atoms with Crippen LogP contribution in [0.15, 0.2) is 36.4 Å². The van der Waals surface area contributed by atoms with Gasteiger partial charge in [-0.3, -0.25) is 9.69 Å². The summed E-state index contributed by atoms with van der Waals surface area (Å²) in [5, 5.41) is 3.15. The monoisotopic (exact) mass is 409 g/mol. The number of carbonyl (C=O) groups excluding carboxylic acids is 1. The summed E-state index contributed by atoms with van der Waals surface area (Å²) in [6, 6.07) is 12.3. The zero-order chi connectivity index (χ0) is 21.1. The second kappa shape index (κ2) is 8.96. The molecule has 160 valence electrons. The SMILES string of the molecule is COc1cccc(OC)c1C(=O)NCC(c1ccc2c(c1)CCN2C)N1CCCC1. The zero-order valence-electron chi connectivity index (χ0n) is 18.1. The average Bonchev–Trinajstić information content (AvgIpc) is 3.43. The minimum absolute atomic E-state index is 0.161. The molecule has 2 aromatic rings. The maximum absolute atomic E-state index is 13.1. The number of ether oxygens (including phenoxy) is 2. The number of benzene rings is 2. The van der Waals surface area contributed by atoms with Crippen LogP contribution in [0.25, 0.3) is 0 Å². The predicted octanol–water partition coefficient (Wildman–Crippen LogP) is 3.26. The lowest BCUT2D eigenvalue weighted by Gasteiger charge is -2.29. The van der Waals surface area contributed by atoms with Crippen molar-refractivity contribution in [3.63, 3.8) is 0 Å². The number of methoxy groups -OCH3 is 2. The number of hydrogen-bond donors (Lipinski definition) is 1. The van der Waals surface area contributed by atoms with E-state index in [2.05, 4.69) is 40.4 Å². The number of nitrogens with zero attached hydrogens (tertiary/aromatic N) is 2. The van der Waals surface area contributed by atoms with Crippen LogP contribution in [-0.2, 0) is 6.42 Å². The molecule has 2 aromatic carbocycles. The number of likely N-dealkylation sites (N-methyl/N-ethyl adjacent to an activating group) is 1. The fourth-order valence-corrected chi connectivity index (χ4v) is 4.66. The average molecular weight is 410 g/mol. The molecule has 1 fully saturated rings. The lowest BCUT2D eigenvalue weighted by atomic mass is 10.0. The lowest BCUT2D eigenvalue weighted by Crippen LogP contribution is -2.37. The smallest absolute Gasteiger partial charge is 0.258 e. The molecular formula is C24H31N3O3. The Hall–Kier alpha value is -2.73. The maximum atomic E-state index is 13.1. The highest BCUT2D eigenvalue weighted by molar-refractivity contribution is 5.99. The molecule has 2 aliphatic heterocycles. The summed E-state index contributed by atoms with van der Waals surface area (Å²) in [6.07, 6.45) is 3.49. The highest BCUT2D eigenvalue weighted by Crippen LogP contribution is 2.33. The standard InChI is InChI=1S/C24H31N3O3/c1-26-14-11-18-15-17(9-10-19(18)26)20(27-12-4-5-13-27)16-25-24(28)23-21(29-2)7-6-8-22(23)30-3/h6-10,15,20H,4-5,11-14,16H2,1-3H3,(H,25,28). The highest BCUT2D eigenvalue weighted by atomic mass is 16.5. The normalized spacial score (nSPS) is 17.0. The summed E-state index contributed by atoms with van der Waals surface area (Å²) < 4.78 is 10.8. The number of fused-ring (bicyclic) bond motifs is 1. The van der Waals surface area contributed by atoms with Crippen molar-refractivity contribution in [3.05, 3.63) is 53.1 Å². The van der Waals surface area contributed by atoms with Gasteiger partial charge in [-0.2, -0.15) is 0 Å². The van der Waals surface area contributed by atoms with Gasteiger partial charge >= 0.3 is 0 Å². The van der Waals surface area contributed by atoms with Gasteiger partial charge in [0.15, 0.2) is 0 Å². The van der Waals surface area contributed by atoms with Gasteiger partial charge in [-0.15, -0.1) is 0 Å². The quantitative estimate of drug-likeness (QED) is 0.761. The van der Waals surface area contributed by atoms with Crippen molar-refractivity contribution in [1.82, 2.24) is 10.2 Å². The molecule has 0 aromatic heterocycles. The summed E-state index contributed by atoms with van der Waals surface area (Å²) in [5.41, 5.74) is 4.44. The molecule has 0 radical (unpaired) electrons. The number of hydrogen-bond acceptors (Lipinski definition) is 5. The topological polar surface area (TPSA) is 54.0 Å². The third-order valence-corrected chi connectivity index (χ3v) is 6.31. The molecule has 2 heterocycles. The Morgan fingerprint density at radius 3 is 2.43 bits per heavy atom. The number of amides is 1. The van der Waals surface area contributed by atoms with Gasteiger partial charge in [-0.05, 0) is 61.7 Å². The van der Waals surface area contributed by atoms with Crippen molar-refractivity contribution < 1.29 is 14.3 Å². The molecule has 1 saturated heterocycles. The molecule has 0 aliphatic carbocycles. The van der Waals surface area contributed by atoms with E-state index in [1.807, 2.05) is 6.07 Å². The highest BCUT2D eigenvalue weighted by Gasteiger charge is 2.27.